The molecule has 4 aliphatic carbocycles. The van der Waals surface area contributed by atoms with Crippen molar-refractivity contribution in [1.29, 1.82) is 0 Å². The molecule has 0 saturated heterocycles. The number of aliphatic hydroxyl groups is 1. The summed E-state index contributed by atoms with van der Waals surface area (Å²) in [6, 6.07) is 0. The summed E-state index contributed by atoms with van der Waals surface area (Å²) in [5.74, 6) is 0.985. The molecule has 4 nitrogen and oxygen atoms in total. The van der Waals surface area contributed by atoms with Crippen LogP contribution in [-0.4, -0.2) is 27.7 Å². The van der Waals surface area contributed by atoms with Gasteiger partial charge in [-0.3, -0.25) is 4.79 Å². The number of halogens is 3. The number of alkyl halides is 3. The predicted molar refractivity (Wildman–Crippen MR) is 90.5 cm³/mol. The van der Waals surface area contributed by atoms with Gasteiger partial charge in [0.1, 0.15) is 5.01 Å². The van der Waals surface area contributed by atoms with Gasteiger partial charge in [0.15, 0.2) is 0 Å². The Morgan fingerprint density at radius 3 is 2.23 bits per heavy atom. The van der Waals surface area contributed by atoms with Crippen LogP contribution in [0.4, 0.5) is 13.2 Å². The van der Waals surface area contributed by atoms with Gasteiger partial charge in [0.05, 0.1) is 6.42 Å². The maximum absolute atomic E-state index is 13.6. The first-order valence-electron chi connectivity index (χ1n) is 9.11. The molecule has 1 heterocycles. The molecule has 1 aromatic rings. The van der Waals surface area contributed by atoms with Gasteiger partial charge in [-0.25, -0.2) is 4.98 Å². The molecule has 0 aliphatic heterocycles. The van der Waals surface area contributed by atoms with Crippen molar-refractivity contribution in [3.05, 3.63) is 16.1 Å². The number of thiazole rings is 1. The Kier molecular flexibility index (Phi) is 4.15. The van der Waals surface area contributed by atoms with Gasteiger partial charge in [-0.1, -0.05) is 0 Å². The molecule has 0 spiro atoms. The van der Waals surface area contributed by atoms with E-state index < -0.39 is 29.1 Å². The fraction of sp³-hybridized carbons (Fsp3) is 0.778. The van der Waals surface area contributed by atoms with E-state index in [-0.39, 0.29) is 5.54 Å². The Labute approximate surface area is 154 Å². The fourth-order valence-electron chi connectivity index (χ4n) is 5.68. The van der Waals surface area contributed by atoms with E-state index in [0.29, 0.717) is 23.4 Å². The van der Waals surface area contributed by atoms with Crippen molar-refractivity contribution in [1.82, 2.24) is 10.3 Å². The van der Waals surface area contributed by atoms with Crippen LogP contribution >= 0.6 is 11.3 Å². The minimum Gasteiger partial charge on any atom is -0.374 e. The smallest absolute Gasteiger partial charge is 0.374 e. The molecule has 1 aromatic heterocycles. The molecule has 26 heavy (non-hydrogen) atoms. The van der Waals surface area contributed by atoms with Gasteiger partial charge in [-0.05, 0) is 63.2 Å². The van der Waals surface area contributed by atoms with Crippen LogP contribution in [0.3, 0.4) is 0 Å². The summed E-state index contributed by atoms with van der Waals surface area (Å²) in [6.45, 7) is 1.56. The van der Waals surface area contributed by atoms with Gasteiger partial charge >= 0.3 is 6.18 Å². The van der Waals surface area contributed by atoms with Crippen LogP contribution in [0.2, 0.25) is 0 Å². The highest BCUT2D eigenvalue weighted by Gasteiger charge is 2.59. The number of rotatable bonds is 4. The van der Waals surface area contributed by atoms with E-state index >= 15 is 0 Å². The van der Waals surface area contributed by atoms with Gasteiger partial charge in [0, 0.05) is 16.6 Å². The van der Waals surface area contributed by atoms with E-state index in [1.165, 1.54) is 24.6 Å². The van der Waals surface area contributed by atoms with E-state index in [4.69, 9.17) is 0 Å². The monoisotopic (exact) mass is 388 g/mol. The molecule has 0 radical (unpaired) electrons. The van der Waals surface area contributed by atoms with Crippen molar-refractivity contribution in [2.75, 3.05) is 0 Å². The average molecular weight is 388 g/mol. The summed E-state index contributed by atoms with van der Waals surface area (Å²) in [5, 5.41) is 14.3. The van der Waals surface area contributed by atoms with Crippen LogP contribution in [0.5, 0.6) is 0 Å². The largest absolute Gasteiger partial charge is 0.424 e. The van der Waals surface area contributed by atoms with Crippen molar-refractivity contribution in [2.24, 2.45) is 17.8 Å². The van der Waals surface area contributed by atoms with Crippen molar-refractivity contribution < 1.29 is 23.1 Å². The Morgan fingerprint density at radius 2 is 1.81 bits per heavy atom. The third-order valence-electron chi connectivity index (χ3n) is 6.30. The molecule has 8 heteroatoms. The van der Waals surface area contributed by atoms with Gasteiger partial charge in [0.25, 0.3) is 0 Å². The molecule has 4 bridgehead atoms. The second-order valence-corrected chi connectivity index (χ2v) is 9.43. The third kappa shape index (κ3) is 3.05. The third-order valence-corrected chi connectivity index (χ3v) is 7.41. The van der Waals surface area contributed by atoms with Crippen LogP contribution in [0.15, 0.2) is 5.38 Å². The second-order valence-electron chi connectivity index (χ2n) is 8.57. The van der Waals surface area contributed by atoms with E-state index in [1.807, 2.05) is 0 Å². The normalized spacial score (nSPS) is 35.3. The Balaban J connectivity index is 1.52. The average Bonchev–Trinajstić information content (AvgIpc) is 2.90. The first kappa shape index (κ1) is 18.2. The maximum atomic E-state index is 13.6. The van der Waals surface area contributed by atoms with Crippen LogP contribution in [-0.2, 0) is 10.4 Å². The standard InChI is InChI=1S/C18H23F3N2O2S/c1-10-9-26-15(22-10)17(25,18(19,20)21)8-14(24)23-16-5-11-2-12(6-16)4-13(3-11)7-16/h9,11-13,25H,2-8H2,1H3,(H,23,24)/t11?,12?,13?,16?,17-/m1/s1. The first-order valence-corrected chi connectivity index (χ1v) is 9.99. The van der Waals surface area contributed by atoms with Crippen molar-refractivity contribution >= 4 is 17.2 Å². The van der Waals surface area contributed by atoms with Crippen molar-refractivity contribution in [3.63, 3.8) is 0 Å². The molecule has 0 aromatic carbocycles. The molecule has 1 amide bonds. The summed E-state index contributed by atoms with van der Waals surface area (Å²) >= 11 is 0.734. The number of carbonyl (C=O) groups is 1. The van der Waals surface area contributed by atoms with Gasteiger partial charge in [-0.15, -0.1) is 11.3 Å². The number of carbonyl (C=O) groups excluding carboxylic acids is 1. The topological polar surface area (TPSA) is 62.2 Å². The van der Waals surface area contributed by atoms with Crippen molar-refractivity contribution in [2.45, 2.75) is 69.2 Å². The lowest BCUT2D eigenvalue weighted by molar-refractivity contribution is -0.267. The zero-order valence-corrected chi connectivity index (χ0v) is 15.4. The molecular formula is C18H23F3N2O2S. The molecule has 1 atom stereocenters. The lowest BCUT2D eigenvalue weighted by atomic mass is 9.53. The number of nitrogens with one attached hydrogen (secondary N) is 1. The molecule has 2 N–H and O–H groups in total. The zero-order valence-electron chi connectivity index (χ0n) is 14.6. The van der Waals surface area contributed by atoms with Crippen LogP contribution < -0.4 is 5.32 Å². The molecule has 5 rings (SSSR count). The number of aryl methyl sites for hydroxylation is 1. The van der Waals surface area contributed by atoms with Crippen LogP contribution in [0.25, 0.3) is 0 Å². The van der Waals surface area contributed by atoms with E-state index in [0.717, 1.165) is 30.6 Å². The molecule has 4 fully saturated rings. The fourth-order valence-corrected chi connectivity index (χ4v) is 6.59. The second kappa shape index (κ2) is 5.92. The molecular weight excluding hydrogens is 365 g/mol. The molecule has 0 unspecified atom stereocenters. The number of aromatic nitrogens is 1. The lowest BCUT2D eigenvalue weighted by Gasteiger charge is -2.57. The number of amides is 1. The summed E-state index contributed by atoms with van der Waals surface area (Å²) in [5.41, 5.74) is -3.22. The summed E-state index contributed by atoms with van der Waals surface area (Å²) in [7, 11) is 0. The lowest BCUT2D eigenvalue weighted by Crippen LogP contribution is -2.60. The summed E-state index contributed by atoms with van der Waals surface area (Å²) in [4.78, 5) is 16.4. The number of nitrogens with zero attached hydrogens (tertiary/aromatic N) is 1. The molecule has 144 valence electrons. The first-order chi connectivity index (χ1) is 12.1. The Bertz CT molecular complexity index is 682. The number of hydrogen-bond donors (Lipinski definition) is 2. The van der Waals surface area contributed by atoms with E-state index in [1.54, 1.807) is 6.92 Å². The highest BCUT2D eigenvalue weighted by Crippen LogP contribution is 2.55. The maximum Gasteiger partial charge on any atom is 0.424 e. The van der Waals surface area contributed by atoms with Crippen LogP contribution in [0, 0.1) is 24.7 Å². The van der Waals surface area contributed by atoms with Gasteiger partial charge < -0.3 is 10.4 Å². The summed E-state index contributed by atoms with van der Waals surface area (Å²) in [6.07, 6.45) is 0.101. The summed E-state index contributed by atoms with van der Waals surface area (Å²) < 4.78 is 40.8. The minimum atomic E-state index is -4.96. The Morgan fingerprint density at radius 1 is 1.27 bits per heavy atom. The van der Waals surface area contributed by atoms with Crippen molar-refractivity contribution in [3.8, 4) is 0 Å². The predicted octanol–water partition coefficient (Wildman–Crippen LogP) is 3.68. The highest BCUT2D eigenvalue weighted by molar-refractivity contribution is 7.09. The van der Waals surface area contributed by atoms with Crippen LogP contribution in [0.1, 0.15) is 55.6 Å². The van der Waals surface area contributed by atoms with Gasteiger partial charge in [0.2, 0.25) is 11.5 Å². The van der Waals surface area contributed by atoms with Gasteiger partial charge in [-0.2, -0.15) is 13.2 Å². The van der Waals surface area contributed by atoms with E-state index in [9.17, 15) is 23.1 Å². The number of hydrogen-bond acceptors (Lipinski definition) is 4. The minimum absolute atomic E-state index is 0.378. The molecule has 4 saturated carbocycles. The zero-order chi connectivity index (χ0) is 18.7. The Hall–Kier alpha value is -1.15. The SMILES string of the molecule is Cc1csc([C@](O)(CC(=O)NC23CC4CC(CC(C4)C2)C3)C(F)(F)F)n1. The molecule has 4 aliphatic rings. The highest BCUT2D eigenvalue weighted by atomic mass is 32.1. The quantitative estimate of drug-likeness (QED) is 0.827. The van der Waals surface area contributed by atoms with E-state index in [2.05, 4.69) is 10.3 Å².